The lowest BCUT2D eigenvalue weighted by Gasteiger charge is -2.36. The maximum atomic E-state index is 14.1. The van der Waals surface area contributed by atoms with Crippen molar-refractivity contribution in [2.45, 2.75) is 13.0 Å². The zero-order valence-corrected chi connectivity index (χ0v) is 21.3. The van der Waals surface area contributed by atoms with Gasteiger partial charge in [-0.05, 0) is 30.7 Å². The highest BCUT2D eigenvalue weighted by atomic mass is 35.5. The Morgan fingerprint density at radius 3 is 2.43 bits per heavy atom. The Balaban J connectivity index is 1.21. The third kappa shape index (κ3) is 5.94. The number of nitrogens with one attached hydrogen (secondary N) is 1. The van der Waals surface area contributed by atoms with Crippen LogP contribution in [-0.4, -0.2) is 78.0 Å². The van der Waals surface area contributed by atoms with Crippen LogP contribution in [0.25, 0.3) is 0 Å². The molecule has 0 bridgehead atoms. The molecule has 194 valence electrons. The van der Waals surface area contributed by atoms with E-state index in [2.05, 4.69) is 14.8 Å². The van der Waals surface area contributed by atoms with Crippen LogP contribution in [0.2, 0.25) is 5.02 Å². The summed E-state index contributed by atoms with van der Waals surface area (Å²) in [6, 6.07) is 15.5. The molecule has 1 amide bonds. The molecule has 2 aliphatic rings. The second-order valence-corrected chi connectivity index (χ2v) is 9.79. The molecule has 0 radical (unpaired) electrons. The quantitative estimate of drug-likeness (QED) is 0.552. The average Bonchev–Trinajstić information content (AvgIpc) is 3.16. The molecule has 3 heterocycles. The van der Waals surface area contributed by atoms with E-state index in [0.717, 1.165) is 19.5 Å². The minimum atomic E-state index is -0.207. The number of benzene rings is 2. The number of aromatic nitrogens is 2. The van der Waals surface area contributed by atoms with E-state index < -0.39 is 0 Å². The summed E-state index contributed by atoms with van der Waals surface area (Å²) in [6.45, 7) is 5.82. The summed E-state index contributed by atoms with van der Waals surface area (Å²) < 4.78 is 14.1. The van der Waals surface area contributed by atoms with Crippen LogP contribution in [0.1, 0.15) is 22.5 Å². The van der Waals surface area contributed by atoms with E-state index >= 15 is 0 Å². The lowest BCUT2D eigenvalue weighted by molar-refractivity contribution is 0.0767. The highest BCUT2D eigenvalue weighted by Gasteiger charge is 2.24. The number of para-hydroxylation sites is 1. The van der Waals surface area contributed by atoms with Crippen molar-refractivity contribution in [3.63, 3.8) is 0 Å². The summed E-state index contributed by atoms with van der Waals surface area (Å²) in [5, 5.41) is 0.446. The summed E-state index contributed by atoms with van der Waals surface area (Å²) in [5.41, 5.74) is 1.63. The molecule has 2 fully saturated rings. The number of piperazine rings is 1. The van der Waals surface area contributed by atoms with Gasteiger partial charge in [0, 0.05) is 65.0 Å². The Kier molecular flexibility index (Phi) is 7.71. The van der Waals surface area contributed by atoms with Gasteiger partial charge in [0.25, 0.3) is 11.5 Å². The molecular weight excluding hydrogens is 495 g/mol. The van der Waals surface area contributed by atoms with E-state index in [9.17, 15) is 14.0 Å². The van der Waals surface area contributed by atoms with Gasteiger partial charge in [-0.15, -0.1) is 0 Å². The summed E-state index contributed by atoms with van der Waals surface area (Å²) >= 11 is 6.23. The Bertz CT molecular complexity index is 1310. The van der Waals surface area contributed by atoms with Crippen molar-refractivity contribution >= 4 is 29.1 Å². The van der Waals surface area contributed by atoms with Crippen molar-refractivity contribution in [2.75, 3.05) is 62.2 Å². The second-order valence-electron chi connectivity index (χ2n) is 9.39. The standard InChI is InChI=1S/C27H30ClFN6O2/c28-22-7-2-1-6-21(22)26(37)34-10-5-11-35(17-16-34)27-30-20(18-25(36)31-27)19-32-12-14-33(15-13-32)24-9-4-3-8-23(24)29/h1-4,6-9,18H,5,10-17,19H2,(H,30,31,36). The fourth-order valence-corrected chi connectivity index (χ4v) is 5.16. The number of rotatable bonds is 5. The highest BCUT2D eigenvalue weighted by Crippen LogP contribution is 2.21. The molecule has 0 saturated carbocycles. The van der Waals surface area contributed by atoms with E-state index in [1.54, 1.807) is 35.2 Å². The normalized spacial score (nSPS) is 17.1. The van der Waals surface area contributed by atoms with Gasteiger partial charge in [-0.2, -0.15) is 0 Å². The number of aromatic amines is 1. The van der Waals surface area contributed by atoms with Crippen LogP contribution in [0.5, 0.6) is 0 Å². The summed E-state index contributed by atoms with van der Waals surface area (Å²) in [5.74, 6) is 0.234. The Morgan fingerprint density at radius 2 is 1.65 bits per heavy atom. The molecule has 8 nitrogen and oxygen atoms in total. The van der Waals surface area contributed by atoms with E-state index in [0.29, 0.717) is 73.7 Å². The number of halogens is 2. The van der Waals surface area contributed by atoms with Crippen molar-refractivity contribution in [2.24, 2.45) is 0 Å². The first-order valence-electron chi connectivity index (χ1n) is 12.6. The van der Waals surface area contributed by atoms with Gasteiger partial charge < -0.3 is 14.7 Å². The molecule has 1 aromatic heterocycles. The van der Waals surface area contributed by atoms with Gasteiger partial charge in [-0.3, -0.25) is 19.5 Å². The predicted octanol–water partition coefficient (Wildman–Crippen LogP) is 3.24. The lowest BCUT2D eigenvalue weighted by Crippen LogP contribution is -2.46. The molecule has 10 heteroatoms. The number of hydrogen-bond donors (Lipinski definition) is 1. The maximum Gasteiger partial charge on any atom is 0.255 e. The Hall–Kier alpha value is -3.43. The number of hydrogen-bond acceptors (Lipinski definition) is 6. The largest absolute Gasteiger partial charge is 0.367 e. The van der Waals surface area contributed by atoms with Crippen LogP contribution < -0.4 is 15.4 Å². The van der Waals surface area contributed by atoms with E-state index in [1.807, 2.05) is 17.0 Å². The van der Waals surface area contributed by atoms with E-state index in [4.69, 9.17) is 16.6 Å². The third-order valence-electron chi connectivity index (χ3n) is 6.92. The smallest absolute Gasteiger partial charge is 0.255 e. The van der Waals surface area contributed by atoms with Gasteiger partial charge in [0.05, 0.1) is 22.0 Å². The Labute approximate surface area is 220 Å². The van der Waals surface area contributed by atoms with Crippen molar-refractivity contribution in [1.29, 1.82) is 0 Å². The minimum Gasteiger partial charge on any atom is -0.367 e. The second kappa shape index (κ2) is 11.3. The first-order valence-corrected chi connectivity index (χ1v) is 13.0. The molecular formula is C27H30ClFN6O2. The number of carbonyl (C=O) groups excluding carboxylic acids is 1. The van der Waals surface area contributed by atoms with Crippen LogP contribution in [0.4, 0.5) is 16.0 Å². The summed E-state index contributed by atoms with van der Waals surface area (Å²) in [4.78, 5) is 41.2. The van der Waals surface area contributed by atoms with Gasteiger partial charge >= 0.3 is 0 Å². The number of nitrogens with zero attached hydrogens (tertiary/aromatic N) is 5. The summed E-state index contributed by atoms with van der Waals surface area (Å²) in [6.07, 6.45) is 0.752. The van der Waals surface area contributed by atoms with Crippen molar-refractivity contribution in [3.8, 4) is 0 Å². The summed E-state index contributed by atoms with van der Waals surface area (Å²) in [7, 11) is 0. The first-order chi connectivity index (χ1) is 18.0. The number of carbonyl (C=O) groups is 1. The van der Waals surface area contributed by atoms with Gasteiger partial charge in [0.2, 0.25) is 5.95 Å². The van der Waals surface area contributed by atoms with Crippen molar-refractivity contribution in [1.82, 2.24) is 19.8 Å². The highest BCUT2D eigenvalue weighted by molar-refractivity contribution is 6.33. The molecule has 0 spiro atoms. The minimum absolute atomic E-state index is 0.0859. The predicted molar refractivity (Wildman–Crippen MR) is 143 cm³/mol. The van der Waals surface area contributed by atoms with Gasteiger partial charge in [-0.1, -0.05) is 35.9 Å². The lowest BCUT2D eigenvalue weighted by atomic mass is 10.2. The molecule has 0 aliphatic carbocycles. The first kappa shape index (κ1) is 25.2. The molecule has 37 heavy (non-hydrogen) atoms. The molecule has 0 unspecified atom stereocenters. The van der Waals surface area contributed by atoms with E-state index in [1.165, 1.54) is 12.1 Å². The number of H-pyrrole nitrogens is 1. The molecule has 3 aromatic rings. The third-order valence-corrected chi connectivity index (χ3v) is 7.25. The van der Waals surface area contributed by atoms with Crippen LogP contribution >= 0.6 is 11.6 Å². The topological polar surface area (TPSA) is 75.8 Å². The average molecular weight is 525 g/mol. The maximum absolute atomic E-state index is 14.1. The van der Waals surface area contributed by atoms with Gasteiger partial charge in [-0.25, -0.2) is 9.37 Å². The number of amides is 1. The van der Waals surface area contributed by atoms with Crippen molar-refractivity contribution in [3.05, 3.63) is 87.0 Å². The Morgan fingerprint density at radius 1 is 0.919 bits per heavy atom. The zero-order chi connectivity index (χ0) is 25.8. The van der Waals surface area contributed by atoms with E-state index in [-0.39, 0.29) is 17.3 Å². The monoisotopic (exact) mass is 524 g/mol. The molecule has 2 aromatic carbocycles. The zero-order valence-electron chi connectivity index (χ0n) is 20.6. The molecule has 0 atom stereocenters. The van der Waals surface area contributed by atoms with Gasteiger partial charge in [0.1, 0.15) is 5.82 Å². The molecule has 5 rings (SSSR count). The van der Waals surface area contributed by atoms with Crippen LogP contribution in [0.15, 0.2) is 59.4 Å². The fraction of sp³-hybridized carbons (Fsp3) is 0.370. The van der Waals surface area contributed by atoms with Gasteiger partial charge in [0.15, 0.2) is 0 Å². The molecule has 1 N–H and O–H groups in total. The fourth-order valence-electron chi connectivity index (χ4n) is 4.95. The van der Waals surface area contributed by atoms with Crippen molar-refractivity contribution < 1.29 is 9.18 Å². The number of anilines is 2. The van der Waals surface area contributed by atoms with Crippen LogP contribution in [-0.2, 0) is 6.54 Å². The van der Waals surface area contributed by atoms with Crippen LogP contribution in [0, 0.1) is 5.82 Å². The van der Waals surface area contributed by atoms with Crippen LogP contribution in [0.3, 0.4) is 0 Å². The molecule has 2 saturated heterocycles. The molecule has 2 aliphatic heterocycles. The SMILES string of the molecule is O=C(c1ccccc1Cl)N1CCCN(c2nc(CN3CCN(c4ccccc4F)CC3)cc(=O)[nH]2)CC1.